The average Bonchev–Trinajstić information content (AvgIpc) is 3.97. The van der Waals surface area contributed by atoms with E-state index in [1.54, 1.807) is 6.92 Å². The second kappa shape index (κ2) is 26.1. The Morgan fingerprint density at radius 2 is 1.70 bits per heavy atom. The van der Waals surface area contributed by atoms with E-state index >= 15 is 0 Å². The van der Waals surface area contributed by atoms with Crippen LogP contribution in [0.15, 0.2) is 46.1 Å². The summed E-state index contributed by atoms with van der Waals surface area (Å²) < 4.78 is 80.1. The number of hydrogen-bond acceptors (Lipinski definition) is 27. The number of anilines is 1. The minimum Gasteiger partial charge on any atom is -0.454 e. The molecule has 3 amide bonds. The number of aromatic nitrogens is 4. The first-order chi connectivity index (χ1) is 37.3. The van der Waals surface area contributed by atoms with E-state index in [9.17, 15) is 87.9 Å². The molecule has 5 heterocycles. The van der Waals surface area contributed by atoms with Gasteiger partial charge in [0.05, 0.1) is 38.3 Å². The molecule has 0 radical (unpaired) electrons. The van der Waals surface area contributed by atoms with Crippen LogP contribution in [0.25, 0.3) is 22.1 Å². The number of nitrogens with one attached hydrogen (secondary N) is 3. The van der Waals surface area contributed by atoms with Gasteiger partial charge in [-0.1, -0.05) is 25.6 Å². The number of carbonyl (C=O) groups is 4. The van der Waals surface area contributed by atoms with Crippen LogP contribution in [-0.2, 0) is 60.2 Å². The second-order valence-electron chi connectivity index (χ2n) is 18.8. The van der Waals surface area contributed by atoms with Crippen LogP contribution in [0.1, 0.15) is 45.4 Å². The first-order valence-corrected chi connectivity index (χ1v) is 29.2. The van der Waals surface area contributed by atoms with Gasteiger partial charge < -0.3 is 90.5 Å². The van der Waals surface area contributed by atoms with Crippen molar-refractivity contribution < 1.29 is 120 Å². The monoisotopic (exact) mass is 1220 g/mol. The van der Waals surface area contributed by atoms with Crippen molar-refractivity contribution in [1.29, 1.82) is 0 Å². The van der Waals surface area contributed by atoms with E-state index in [0.717, 1.165) is 24.1 Å². The lowest BCUT2D eigenvalue weighted by atomic mass is 9.87. The molecule has 2 aliphatic rings. The molecule has 2 fully saturated rings. The number of phosphoric acid groups is 3. The Bertz CT molecular complexity index is 3110. The maximum Gasteiger partial charge on any atom is 0.481 e. The number of aryl methyl sites for hydroxylation is 1. The van der Waals surface area contributed by atoms with Crippen LogP contribution in [0.2, 0.25) is 0 Å². The Kier molecular flexibility index (Phi) is 21.0. The molecule has 4 aromatic rings. The minimum absolute atomic E-state index is 0.00668. The highest BCUT2D eigenvalue weighted by molar-refractivity contribution is 8.13. The SMILES string of the molecule is CC(=O)NC1C(O)CC(Oc2ccc3c(C)cc(=O)oc3c2)(C(=O)SCCNC(=O)CCNC(=O)C(O)C(C)(C)COP(=O)(O)OP(=O)(O)OCC2OC(n3cnc4c(N)ncnc43)C(O)C2OP(=O)(O)O)OC1C(O)C(O)CO. The van der Waals surface area contributed by atoms with Crippen molar-refractivity contribution in [3.05, 3.63) is 52.9 Å². The maximum absolute atomic E-state index is 14.1. The molecule has 1 aromatic carbocycles. The number of aliphatic hydroxyl groups is 6. The van der Waals surface area contributed by atoms with Crippen LogP contribution in [0, 0.1) is 12.3 Å². The predicted molar refractivity (Wildman–Crippen MR) is 270 cm³/mol. The maximum atomic E-state index is 14.1. The number of amides is 3. The highest BCUT2D eigenvalue weighted by Gasteiger charge is 2.57. The quantitative estimate of drug-likeness (QED) is 0.0172. The molecule has 0 saturated carbocycles. The van der Waals surface area contributed by atoms with Crippen molar-refractivity contribution >= 4 is 86.0 Å². The summed E-state index contributed by atoms with van der Waals surface area (Å²) in [5.41, 5.74) is 3.98. The summed E-state index contributed by atoms with van der Waals surface area (Å²) in [7, 11) is -16.7. The van der Waals surface area contributed by atoms with Crippen molar-refractivity contribution in [3.63, 3.8) is 0 Å². The summed E-state index contributed by atoms with van der Waals surface area (Å²) in [5.74, 6) is -5.35. The van der Waals surface area contributed by atoms with Gasteiger partial charge in [-0.05, 0) is 24.6 Å². The molecule has 80 heavy (non-hydrogen) atoms. The number of benzene rings is 1. The third-order valence-corrected chi connectivity index (χ3v) is 16.2. The molecule has 13 unspecified atom stereocenters. The number of carbonyl (C=O) groups excluding carboxylic acids is 4. The number of fused-ring (bicyclic) bond motifs is 2. The van der Waals surface area contributed by atoms with Crippen molar-refractivity contribution in [1.82, 2.24) is 35.5 Å². The van der Waals surface area contributed by atoms with E-state index in [2.05, 4.69) is 39.7 Å². The lowest BCUT2D eigenvalue weighted by Crippen LogP contribution is -2.68. The van der Waals surface area contributed by atoms with Crippen molar-refractivity contribution in [3.8, 4) is 5.75 Å². The average molecular weight is 1220 g/mol. The summed E-state index contributed by atoms with van der Waals surface area (Å²) in [6, 6.07) is 4.01. The summed E-state index contributed by atoms with van der Waals surface area (Å²) >= 11 is 0.533. The van der Waals surface area contributed by atoms with Crippen LogP contribution in [0.4, 0.5) is 5.82 Å². The number of hydrogen-bond donors (Lipinski definition) is 14. The molecular weight excluding hydrogens is 1160 g/mol. The summed E-state index contributed by atoms with van der Waals surface area (Å²) in [4.78, 5) is 115. The molecule has 15 N–H and O–H groups in total. The first-order valence-electron chi connectivity index (χ1n) is 23.7. The fourth-order valence-corrected chi connectivity index (χ4v) is 11.8. The van der Waals surface area contributed by atoms with Crippen LogP contribution in [0.3, 0.4) is 0 Å². The molecule has 2 aliphatic heterocycles. The molecule has 444 valence electrons. The first kappa shape index (κ1) is 64.2. The number of imidazole rings is 1. The third kappa shape index (κ3) is 16.2. The highest BCUT2D eigenvalue weighted by atomic mass is 32.2. The molecule has 6 rings (SSSR count). The Hall–Kier alpha value is -4.94. The topological polar surface area (TPSA) is 522 Å². The van der Waals surface area contributed by atoms with Gasteiger partial charge in [-0.15, -0.1) is 0 Å². The number of rotatable bonds is 26. The zero-order chi connectivity index (χ0) is 59.3. The lowest BCUT2D eigenvalue weighted by molar-refractivity contribution is -0.271. The molecule has 38 heteroatoms. The molecule has 2 saturated heterocycles. The van der Waals surface area contributed by atoms with E-state index in [0.29, 0.717) is 22.7 Å². The molecule has 13 atom stereocenters. The van der Waals surface area contributed by atoms with Crippen LogP contribution in [-0.4, -0.2) is 192 Å². The summed E-state index contributed by atoms with van der Waals surface area (Å²) in [6.45, 7) is 1.33. The molecule has 0 bridgehead atoms. The fraction of sp³-hybridized carbons (Fsp3) is 0.571. The third-order valence-electron chi connectivity index (χ3n) is 12.1. The van der Waals surface area contributed by atoms with E-state index in [4.69, 9.17) is 33.4 Å². The smallest absolute Gasteiger partial charge is 0.454 e. The largest absolute Gasteiger partial charge is 0.481 e. The van der Waals surface area contributed by atoms with Crippen molar-refractivity contribution in [2.45, 2.75) is 107 Å². The molecular formula is C42H59N8O26P3S. The van der Waals surface area contributed by atoms with Gasteiger partial charge in [0, 0.05) is 61.5 Å². The van der Waals surface area contributed by atoms with Gasteiger partial charge in [-0.25, -0.2) is 33.4 Å². The molecule has 0 spiro atoms. The lowest BCUT2D eigenvalue weighted by Gasteiger charge is -2.47. The Morgan fingerprint density at radius 3 is 2.38 bits per heavy atom. The minimum atomic E-state index is -5.67. The number of nitrogens with two attached hydrogens (primary N) is 1. The van der Waals surface area contributed by atoms with Crippen LogP contribution < -0.4 is 32.0 Å². The number of aliphatic hydroxyl groups excluding tert-OH is 6. The normalized spacial score (nSPS) is 25.2. The van der Waals surface area contributed by atoms with E-state index in [-0.39, 0.29) is 40.6 Å². The van der Waals surface area contributed by atoms with Gasteiger partial charge in [-0.3, -0.25) is 37.3 Å². The fourth-order valence-electron chi connectivity index (χ4n) is 8.17. The summed E-state index contributed by atoms with van der Waals surface area (Å²) in [5, 5.41) is 70.8. The van der Waals surface area contributed by atoms with Gasteiger partial charge >= 0.3 is 29.1 Å². The van der Waals surface area contributed by atoms with Gasteiger partial charge in [0.2, 0.25) is 17.7 Å². The Balaban J connectivity index is 0.987. The summed E-state index contributed by atoms with van der Waals surface area (Å²) in [6.07, 6.45) is -15.6. The number of ether oxygens (including phenoxy) is 3. The Labute approximate surface area is 455 Å². The van der Waals surface area contributed by atoms with Crippen LogP contribution >= 0.6 is 35.2 Å². The zero-order valence-electron chi connectivity index (χ0n) is 42.5. The van der Waals surface area contributed by atoms with E-state index < -0.39 is 163 Å². The second-order valence-corrected chi connectivity index (χ2v) is 24.1. The van der Waals surface area contributed by atoms with E-state index in [1.165, 1.54) is 38.1 Å². The number of phosphoric ester groups is 3. The highest BCUT2D eigenvalue weighted by Crippen LogP contribution is 2.61. The molecule has 3 aromatic heterocycles. The standard InChI is InChI=1S/C42H59N8O26P3S/c1-19-11-28(56)71-25-12-21(5-6-22(19)25)73-42(13-23(53)29(49-20(2)52)34(74-42)31(57)24(54)14-51)40(61)80-10-9-44-27(55)7-8-45-38(60)35(59)41(3,4)16-70-79(67,68)76-78(65,66)69-15-26-33(75-77(62,63)64)32(58)39(72-26)50-18-48-30-36(43)46-17-47-37(30)50/h5-6,11-12,17-18,23-24,26,29,31-35,39,51,53-54,57-59H,7-10,13-16H2,1-4H3,(H,44,55)(H,45,60)(H,49,52)(H,65,66)(H,67,68)(H2,43,46,47)(H2,62,63,64). The number of nitrogens with zero attached hydrogens (tertiary/aromatic N) is 4. The predicted octanol–water partition coefficient (Wildman–Crippen LogP) is -2.78. The number of thioether (sulfide) groups is 1. The van der Waals surface area contributed by atoms with E-state index in [1.807, 2.05) is 0 Å². The molecule has 34 nitrogen and oxygen atoms in total. The van der Waals surface area contributed by atoms with Crippen molar-refractivity contribution in [2.24, 2.45) is 5.41 Å². The van der Waals surface area contributed by atoms with Gasteiger partial charge in [-0.2, -0.15) is 4.31 Å². The number of nitrogen functional groups attached to an aromatic ring is 1. The van der Waals surface area contributed by atoms with Crippen LogP contribution in [0.5, 0.6) is 5.75 Å². The Morgan fingerprint density at radius 1 is 1.00 bits per heavy atom. The van der Waals surface area contributed by atoms with Gasteiger partial charge in [0.1, 0.15) is 65.9 Å². The van der Waals surface area contributed by atoms with Crippen molar-refractivity contribution in [2.75, 3.05) is 44.4 Å². The molecule has 0 aliphatic carbocycles. The zero-order valence-corrected chi connectivity index (χ0v) is 46.0. The van der Waals surface area contributed by atoms with Gasteiger partial charge in [0.15, 0.2) is 17.7 Å². The van der Waals surface area contributed by atoms with Gasteiger partial charge in [0.25, 0.3) is 10.9 Å².